The third kappa shape index (κ3) is 5.30. The zero-order valence-electron chi connectivity index (χ0n) is 10.5. The van der Waals surface area contributed by atoms with Crippen LogP contribution in [0, 0.1) is 0 Å². The largest absolute Gasteiger partial charge is 0.392 e. The normalized spacial score (nSPS) is 19.4. The Bertz CT molecular complexity index is 362. The molecule has 8 heteroatoms. The first-order valence-electron chi connectivity index (χ1n) is 5.92. The van der Waals surface area contributed by atoms with E-state index in [-0.39, 0.29) is 24.6 Å². The molecule has 0 aromatic carbocycles. The van der Waals surface area contributed by atoms with Crippen LogP contribution in [-0.2, 0) is 19.6 Å². The first-order chi connectivity index (χ1) is 8.42. The second-order valence-electron chi connectivity index (χ2n) is 4.23. The molecule has 1 heterocycles. The van der Waals surface area contributed by atoms with Crippen molar-refractivity contribution in [3.63, 3.8) is 0 Å². The first kappa shape index (κ1) is 15.4. The highest BCUT2D eigenvalue weighted by atomic mass is 32.2. The summed E-state index contributed by atoms with van der Waals surface area (Å²) in [5.41, 5.74) is 0. The van der Waals surface area contributed by atoms with Crippen molar-refractivity contribution in [2.75, 3.05) is 38.6 Å². The lowest BCUT2D eigenvalue weighted by molar-refractivity contribution is -0.121. The van der Waals surface area contributed by atoms with Crippen molar-refractivity contribution in [3.8, 4) is 0 Å². The van der Waals surface area contributed by atoms with E-state index in [4.69, 9.17) is 9.84 Å². The van der Waals surface area contributed by atoms with Crippen LogP contribution in [0.15, 0.2) is 0 Å². The lowest BCUT2D eigenvalue weighted by atomic mass is 10.4. The van der Waals surface area contributed by atoms with Crippen molar-refractivity contribution in [1.29, 1.82) is 0 Å². The van der Waals surface area contributed by atoms with E-state index >= 15 is 0 Å². The first-order valence-corrected chi connectivity index (χ1v) is 7.53. The van der Waals surface area contributed by atoms with Crippen LogP contribution >= 0.6 is 0 Å². The molecule has 2 N–H and O–H groups in total. The molecule has 1 fully saturated rings. The quantitative estimate of drug-likeness (QED) is 0.619. The van der Waals surface area contributed by atoms with Gasteiger partial charge in [0.2, 0.25) is 15.9 Å². The second kappa shape index (κ2) is 7.03. The van der Waals surface area contributed by atoms with E-state index in [1.807, 2.05) is 0 Å². The zero-order chi connectivity index (χ0) is 13.6. The third-order valence-electron chi connectivity index (χ3n) is 2.55. The van der Waals surface area contributed by atoms with Gasteiger partial charge in [-0.25, -0.2) is 8.42 Å². The summed E-state index contributed by atoms with van der Waals surface area (Å²) in [6.07, 6.45) is -0.725. The molecule has 0 aromatic rings. The van der Waals surface area contributed by atoms with Crippen LogP contribution in [0.1, 0.15) is 13.3 Å². The highest BCUT2D eigenvalue weighted by Crippen LogP contribution is 2.06. The van der Waals surface area contributed by atoms with E-state index in [2.05, 4.69) is 5.32 Å². The summed E-state index contributed by atoms with van der Waals surface area (Å²) in [6, 6.07) is 0. The summed E-state index contributed by atoms with van der Waals surface area (Å²) in [6.45, 7) is 3.16. The number of aliphatic hydroxyl groups is 1. The number of morpholine rings is 1. The van der Waals surface area contributed by atoms with Gasteiger partial charge in [0.15, 0.2) is 0 Å². The van der Waals surface area contributed by atoms with Crippen LogP contribution in [-0.4, -0.2) is 68.4 Å². The van der Waals surface area contributed by atoms with Crippen molar-refractivity contribution >= 4 is 15.9 Å². The average Bonchev–Trinajstić information content (AvgIpc) is 2.35. The van der Waals surface area contributed by atoms with Crippen LogP contribution in [0.5, 0.6) is 0 Å². The summed E-state index contributed by atoms with van der Waals surface area (Å²) in [5.74, 6) is -0.578. The van der Waals surface area contributed by atoms with Crippen LogP contribution < -0.4 is 5.32 Å². The Morgan fingerprint density at radius 3 is 2.61 bits per heavy atom. The molecule has 106 valence electrons. The molecule has 1 rings (SSSR count). The maximum Gasteiger partial charge on any atom is 0.221 e. The number of carbonyl (C=O) groups is 1. The molecule has 0 aromatic heterocycles. The number of nitrogens with zero attached hydrogens (tertiary/aromatic N) is 1. The molecule has 1 aliphatic heterocycles. The van der Waals surface area contributed by atoms with Gasteiger partial charge in [-0.1, -0.05) is 0 Å². The minimum atomic E-state index is -3.39. The van der Waals surface area contributed by atoms with E-state index in [1.54, 1.807) is 6.92 Å². The van der Waals surface area contributed by atoms with Gasteiger partial charge in [-0.2, -0.15) is 4.31 Å². The van der Waals surface area contributed by atoms with Crippen LogP contribution in [0.25, 0.3) is 0 Å². The standard InChI is InChI=1S/C10H20N2O5S/c1-9(13)8-11-10(14)2-7-18(15,16)12-3-5-17-6-4-12/h9,13H,2-8H2,1H3,(H,11,14)/t9-/m0/s1. The monoisotopic (exact) mass is 280 g/mol. The number of sulfonamides is 1. The smallest absolute Gasteiger partial charge is 0.221 e. The molecule has 0 saturated carbocycles. The molecular formula is C10H20N2O5S. The van der Waals surface area contributed by atoms with Crippen molar-refractivity contribution in [2.45, 2.75) is 19.4 Å². The lowest BCUT2D eigenvalue weighted by Crippen LogP contribution is -2.42. The number of amides is 1. The molecule has 0 aliphatic carbocycles. The third-order valence-corrected chi connectivity index (χ3v) is 4.42. The summed E-state index contributed by atoms with van der Waals surface area (Å²) >= 11 is 0. The average molecular weight is 280 g/mol. The van der Waals surface area contributed by atoms with E-state index in [9.17, 15) is 13.2 Å². The van der Waals surface area contributed by atoms with Crippen LogP contribution in [0.2, 0.25) is 0 Å². The predicted molar refractivity (Wildman–Crippen MR) is 65.5 cm³/mol. The highest BCUT2D eigenvalue weighted by molar-refractivity contribution is 7.89. The molecule has 1 saturated heterocycles. The number of ether oxygens (including phenoxy) is 1. The topological polar surface area (TPSA) is 95.9 Å². The molecule has 0 bridgehead atoms. The number of rotatable bonds is 6. The highest BCUT2D eigenvalue weighted by Gasteiger charge is 2.24. The van der Waals surface area contributed by atoms with E-state index in [0.29, 0.717) is 26.3 Å². The SMILES string of the molecule is C[C@H](O)CNC(=O)CCS(=O)(=O)N1CCOCC1. The fraction of sp³-hybridized carbons (Fsp3) is 0.900. The molecule has 1 atom stereocenters. The van der Waals surface area contributed by atoms with Gasteiger partial charge in [0.05, 0.1) is 25.1 Å². The fourth-order valence-corrected chi connectivity index (χ4v) is 2.93. The molecule has 0 radical (unpaired) electrons. The van der Waals surface area contributed by atoms with Gasteiger partial charge in [-0.15, -0.1) is 0 Å². The Balaban J connectivity index is 2.34. The minimum absolute atomic E-state index is 0.0909. The van der Waals surface area contributed by atoms with Crippen LogP contribution in [0.4, 0.5) is 0 Å². The summed E-state index contributed by atoms with van der Waals surface area (Å²) in [5, 5.41) is 11.4. The van der Waals surface area contributed by atoms with Crippen molar-refractivity contribution < 1.29 is 23.1 Å². The van der Waals surface area contributed by atoms with Gasteiger partial charge in [-0.3, -0.25) is 4.79 Å². The van der Waals surface area contributed by atoms with E-state index in [0.717, 1.165) is 0 Å². The molecule has 1 aliphatic rings. The fourth-order valence-electron chi connectivity index (χ4n) is 1.53. The number of aliphatic hydroxyl groups excluding tert-OH is 1. The second-order valence-corrected chi connectivity index (χ2v) is 6.32. The minimum Gasteiger partial charge on any atom is -0.392 e. The molecule has 18 heavy (non-hydrogen) atoms. The molecule has 1 amide bonds. The Labute approximate surface area is 107 Å². The Kier molecular flexibility index (Phi) is 6.00. The van der Waals surface area contributed by atoms with Gasteiger partial charge in [-0.05, 0) is 6.92 Å². The number of nitrogens with one attached hydrogen (secondary N) is 1. The van der Waals surface area contributed by atoms with Crippen molar-refractivity contribution in [3.05, 3.63) is 0 Å². The Morgan fingerprint density at radius 2 is 2.06 bits per heavy atom. The van der Waals surface area contributed by atoms with Gasteiger partial charge in [0.25, 0.3) is 0 Å². The van der Waals surface area contributed by atoms with Gasteiger partial charge < -0.3 is 15.2 Å². The Hall–Kier alpha value is -0.700. The number of hydrogen-bond donors (Lipinski definition) is 2. The number of hydrogen-bond acceptors (Lipinski definition) is 5. The summed E-state index contributed by atoms with van der Waals surface area (Å²) in [4.78, 5) is 11.3. The maximum atomic E-state index is 11.9. The summed E-state index contributed by atoms with van der Waals surface area (Å²) < 4.78 is 30.2. The van der Waals surface area contributed by atoms with Gasteiger partial charge >= 0.3 is 0 Å². The van der Waals surface area contributed by atoms with Crippen molar-refractivity contribution in [1.82, 2.24) is 9.62 Å². The Morgan fingerprint density at radius 1 is 1.44 bits per heavy atom. The van der Waals surface area contributed by atoms with Gasteiger partial charge in [0.1, 0.15) is 0 Å². The van der Waals surface area contributed by atoms with E-state index in [1.165, 1.54) is 4.31 Å². The van der Waals surface area contributed by atoms with Crippen molar-refractivity contribution in [2.24, 2.45) is 0 Å². The van der Waals surface area contributed by atoms with Crippen LogP contribution in [0.3, 0.4) is 0 Å². The molecule has 0 unspecified atom stereocenters. The van der Waals surface area contributed by atoms with Gasteiger partial charge in [0, 0.05) is 26.1 Å². The number of carbonyl (C=O) groups excluding carboxylic acids is 1. The predicted octanol–water partition coefficient (Wildman–Crippen LogP) is -1.46. The molecule has 0 spiro atoms. The zero-order valence-corrected chi connectivity index (χ0v) is 11.3. The maximum absolute atomic E-state index is 11.9. The molecule has 7 nitrogen and oxygen atoms in total. The summed E-state index contributed by atoms with van der Waals surface area (Å²) in [7, 11) is -3.39. The van der Waals surface area contributed by atoms with E-state index < -0.39 is 16.1 Å². The lowest BCUT2D eigenvalue weighted by Gasteiger charge is -2.25. The molecular weight excluding hydrogens is 260 g/mol.